The first-order valence-corrected chi connectivity index (χ1v) is 11.0. The Bertz CT molecular complexity index is 766. The topological polar surface area (TPSA) is 67.4 Å². The fourth-order valence-corrected chi connectivity index (χ4v) is 4.39. The second-order valence-corrected chi connectivity index (χ2v) is 8.60. The molecule has 0 aromatic heterocycles. The normalized spacial score (nSPS) is 17.9. The van der Waals surface area contributed by atoms with Gasteiger partial charge in [-0.3, -0.25) is 20.2 Å². The predicted octanol–water partition coefficient (Wildman–Crippen LogP) is 4.49. The highest BCUT2D eigenvalue weighted by Gasteiger charge is 2.25. The van der Waals surface area contributed by atoms with E-state index in [9.17, 15) is 9.59 Å². The first-order chi connectivity index (χ1) is 13.5. The SMILES string of the molecule is O=C1NC(=S)NC(=O)C1=Cc1ccc(OCCCCC2CCCCC2)c(Br)c1. The Balaban J connectivity index is 1.49. The van der Waals surface area contributed by atoms with Gasteiger partial charge in [0.25, 0.3) is 11.8 Å². The van der Waals surface area contributed by atoms with Gasteiger partial charge in [-0.2, -0.15) is 0 Å². The number of benzene rings is 1. The summed E-state index contributed by atoms with van der Waals surface area (Å²) in [4.78, 5) is 23.8. The molecule has 28 heavy (non-hydrogen) atoms. The molecule has 2 fully saturated rings. The van der Waals surface area contributed by atoms with Crippen LogP contribution in [0.4, 0.5) is 0 Å². The monoisotopic (exact) mass is 464 g/mol. The van der Waals surface area contributed by atoms with E-state index in [2.05, 4.69) is 26.6 Å². The molecule has 150 valence electrons. The predicted molar refractivity (Wildman–Crippen MR) is 117 cm³/mol. The van der Waals surface area contributed by atoms with Crippen LogP contribution < -0.4 is 15.4 Å². The van der Waals surface area contributed by atoms with Crippen molar-refractivity contribution in [2.24, 2.45) is 5.92 Å². The molecule has 1 saturated heterocycles. The van der Waals surface area contributed by atoms with E-state index in [0.717, 1.165) is 28.1 Å². The van der Waals surface area contributed by atoms with Crippen molar-refractivity contribution in [3.63, 3.8) is 0 Å². The highest BCUT2D eigenvalue weighted by Crippen LogP contribution is 2.29. The zero-order valence-corrected chi connectivity index (χ0v) is 18.2. The molecule has 0 atom stereocenters. The molecular weight excluding hydrogens is 440 g/mol. The Morgan fingerprint density at radius 3 is 2.50 bits per heavy atom. The van der Waals surface area contributed by atoms with Gasteiger partial charge in [-0.1, -0.05) is 44.6 Å². The third-order valence-electron chi connectivity index (χ3n) is 5.20. The summed E-state index contributed by atoms with van der Waals surface area (Å²) in [7, 11) is 0. The van der Waals surface area contributed by atoms with Gasteiger partial charge in [-0.25, -0.2) is 0 Å². The Morgan fingerprint density at radius 1 is 1.11 bits per heavy atom. The number of nitrogens with one attached hydrogen (secondary N) is 2. The van der Waals surface area contributed by atoms with E-state index < -0.39 is 11.8 Å². The number of carbonyl (C=O) groups is 2. The fraction of sp³-hybridized carbons (Fsp3) is 0.476. The lowest BCUT2D eigenvalue weighted by Crippen LogP contribution is -2.51. The molecule has 1 saturated carbocycles. The maximum atomic E-state index is 11.9. The Hall–Kier alpha value is -1.73. The summed E-state index contributed by atoms with van der Waals surface area (Å²) in [5, 5.41) is 4.88. The minimum Gasteiger partial charge on any atom is -0.492 e. The zero-order chi connectivity index (χ0) is 19.9. The summed E-state index contributed by atoms with van der Waals surface area (Å²) in [6.07, 6.45) is 12.1. The van der Waals surface area contributed by atoms with Gasteiger partial charge in [0, 0.05) is 0 Å². The molecule has 1 aliphatic heterocycles. The van der Waals surface area contributed by atoms with Crippen molar-refractivity contribution in [2.45, 2.75) is 51.4 Å². The zero-order valence-electron chi connectivity index (χ0n) is 15.8. The van der Waals surface area contributed by atoms with Gasteiger partial charge in [-0.15, -0.1) is 0 Å². The Labute approximate surface area is 179 Å². The number of thiocarbonyl (C=S) groups is 1. The van der Waals surface area contributed by atoms with Crippen molar-refractivity contribution in [3.8, 4) is 5.75 Å². The molecule has 2 amide bonds. The largest absolute Gasteiger partial charge is 0.492 e. The molecule has 0 spiro atoms. The lowest BCUT2D eigenvalue weighted by molar-refractivity contribution is -0.123. The number of unbranched alkanes of at least 4 members (excludes halogenated alkanes) is 1. The molecule has 0 radical (unpaired) electrons. The van der Waals surface area contributed by atoms with E-state index >= 15 is 0 Å². The summed E-state index contributed by atoms with van der Waals surface area (Å²) in [6.45, 7) is 0.689. The van der Waals surface area contributed by atoms with Crippen LogP contribution in [0.1, 0.15) is 56.9 Å². The molecule has 5 nitrogen and oxygen atoms in total. The molecule has 1 heterocycles. The van der Waals surface area contributed by atoms with Crippen LogP contribution in [0.2, 0.25) is 0 Å². The van der Waals surface area contributed by atoms with Crippen molar-refractivity contribution in [1.29, 1.82) is 0 Å². The summed E-state index contributed by atoms with van der Waals surface area (Å²) < 4.78 is 6.68. The average molecular weight is 465 g/mol. The summed E-state index contributed by atoms with van der Waals surface area (Å²) in [5.74, 6) is 0.682. The highest BCUT2D eigenvalue weighted by molar-refractivity contribution is 9.10. The van der Waals surface area contributed by atoms with Crippen LogP contribution in [0.15, 0.2) is 28.2 Å². The van der Waals surface area contributed by atoms with Crippen LogP contribution in [0, 0.1) is 5.92 Å². The number of ether oxygens (including phenoxy) is 1. The molecule has 1 aliphatic carbocycles. The van der Waals surface area contributed by atoms with Crippen LogP contribution in [0.5, 0.6) is 5.75 Å². The third kappa shape index (κ3) is 5.88. The molecule has 3 rings (SSSR count). The number of hydrogen-bond donors (Lipinski definition) is 2. The van der Waals surface area contributed by atoms with Crippen LogP contribution in [0.25, 0.3) is 6.08 Å². The van der Waals surface area contributed by atoms with Gasteiger partial charge >= 0.3 is 0 Å². The van der Waals surface area contributed by atoms with E-state index in [1.54, 1.807) is 0 Å². The van der Waals surface area contributed by atoms with Crippen molar-refractivity contribution in [1.82, 2.24) is 10.6 Å². The van der Waals surface area contributed by atoms with Gasteiger partial charge in [0.05, 0.1) is 11.1 Å². The second-order valence-electron chi connectivity index (χ2n) is 7.33. The fourth-order valence-electron chi connectivity index (χ4n) is 3.69. The first kappa shape index (κ1) is 21.0. The maximum absolute atomic E-state index is 11.9. The van der Waals surface area contributed by atoms with Crippen LogP contribution in [-0.4, -0.2) is 23.5 Å². The Morgan fingerprint density at radius 2 is 1.82 bits per heavy atom. The molecule has 2 N–H and O–H groups in total. The smallest absolute Gasteiger partial charge is 0.263 e. The van der Waals surface area contributed by atoms with Crippen LogP contribution in [-0.2, 0) is 9.59 Å². The first-order valence-electron chi connectivity index (χ1n) is 9.83. The van der Waals surface area contributed by atoms with E-state index in [1.165, 1.54) is 51.0 Å². The number of hydrogen-bond acceptors (Lipinski definition) is 4. The van der Waals surface area contributed by atoms with E-state index in [4.69, 9.17) is 17.0 Å². The van der Waals surface area contributed by atoms with E-state index in [-0.39, 0.29) is 10.7 Å². The number of carbonyl (C=O) groups excluding carboxylic acids is 2. The Kier molecular flexibility index (Phi) is 7.62. The standard InChI is InChI=1S/C21H25BrN2O3S/c22-17-13-15(12-16-19(25)23-21(28)24-20(16)26)9-10-18(17)27-11-5-4-8-14-6-2-1-3-7-14/h9-10,12-14H,1-8,11H2,(H2,23,24,25,26,28). The molecule has 0 unspecified atom stereocenters. The quantitative estimate of drug-likeness (QED) is 0.270. The van der Waals surface area contributed by atoms with Crippen LogP contribution in [0.3, 0.4) is 0 Å². The summed E-state index contributed by atoms with van der Waals surface area (Å²) in [6, 6.07) is 5.50. The van der Waals surface area contributed by atoms with Gasteiger partial charge in [-0.05, 0) is 70.7 Å². The lowest BCUT2D eigenvalue weighted by atomic mass is 9.86. The highest BCUT2D eigenvalue weighted by atomic mass is 79.9. The number of halogens is 1. The average Bonchev–Trinajstić information content (AvgIpc) is 2.66. The van der Waals surface area contributed by atoms with Gasteiger partial charge in [0.15, 0.2) is 5.11 Å². The maximum Gasteiger partial charge on any atom is 0.263 e. The van der Waals surface area contributed by atoms with Crippen molar-refractivity contribution in [2.75, 3.05) is 6.61 Å². The minimum absolute atomic E-state index is 0.0249. The summed E-state index contributed by atoms with van der Waals surface area (Å²) >= 11 is 8.30. The van der Waals surface area contributed by atoms with Crippen molar-refractivity contribution in [3.05, 3.63) is 33.8 Å². The van der Waals surface area contributed by atoms with E-state index in [0.29, 0.717) is 6.61 Å². The molecule has 7 heteroatoms. The second kappa shape index (κ2) is 10.2. The number of rotatable bonds is 7. The molecule has 1 aromatic carbocycles. The third-order valence-corrected chi connectivity index (χ3v) is 6.02. The van der Waals surface area contributed by atoms with Gasteiger partial charge < -0.3 is 4.74 Å². The molecule has 0 bridgehead atoms. The van der Waals surface area contributed by atoms with Gasteiger partial charge in [0.1, 0.15) is 11.3 Å². The molecule has 1 aromatic rings. The van der Waals surface area contributed by atoms with Crippen LogP contribution >= 0.6 is 28.1 Å². The molecule has 2 aliphatic rings. The minimum atomic E-state index is -0.497. The summed E-state index contributed by atoms with van der Waals surface area (Å²) in [5.41, 5.74) is 0.751. The number of amides is 2. The van der Waals surface area contributed by atoms with Gasteiger partial charge in [0.2, 0.25) is 0 Å². The van der Waals surface area contributed by atoms with E-state index in [1.807, 2.05) is 18.2 Å². The molecular formula is C21H25BrN2O3S. The van der Waals surface area contributed by atoms with Crippen molar-refractivity contribution < 1.29 is 14.3 Å². The van der Waals surface area contributed by atoms with Crippen molar-refractivity contribution >= 4 is 51.2 Å². The lowest BCUT2D eigenvalue weighted by Gasteiger charge is -2.21.